The summed E-state index contributed by atoms with van der Waals surface area (Å²) in [6.45, 7) is 11.5. The molecule has 0 spiro atoms. The molecule has 2 rings (SSSR count). The smallest absolute Gasteiger partial charge is 0.253 e. The molecule has 0 aliphatic carbocycles. The van der Waals surface area contributed by atoms with Crippen LogP contribution in [0.2, 0.25) is 0 Å². The van der Waals surface area contributed by atoms with Gasteiger partial charge in [0, 0.05) is 37.3 Å². The second kappa shape index (κ2) is 8.48. The molecule has 0 aromatic heterocycles. The summed E-state index contributed by atoms with van der Waals surface area (Å²) in [5, 5.41) is 3.08. The monoisotopic (exact) mass is 345 g/mol. The topological polar surface area (TPSA) is 52.7 Å². The van der Waals surface area contributed by atoms with Gasteiger partial charge in [-0.25, -0.2) is 0 Å². The number of aryl methyl sites for hydroxylation is 1. The van der Waals surface area contributed by atoms with Crippen LogP contribution in [-0.2, 0) is 4.79 Å². The van der Waals surface area contributed by atoms with Crippen molar-refractivity contribution in [2.45, 2.75) is 46.1 Å². The summed E-state index contributed by atoms with van der Waals surface area (Å²) in [6.07, 6.45) is 1.79. The first-order chi connectivity index (χ1) is 11.8. The SMILES string of the molecule is CCC(C)(C)NC(=O)CN1CCCN(C(=O)c2cccc(C)c2)CC1. The van der Waals surface area contributed by atoms with Gasteiger partial charge in [0.1, 0.15) is 0 Å². The van der Waals surface area contributed by atoms with Gasteiger partial charge in [-0.1, -0.05) is 24.6 Å². The number of carbonyl (C=O) groups is 2. The van der Waals surface area contributed by atoms with Crippen LogP contribution < -0.4 is 5.32 Å². The van der Waals surface area contributed by atoms with Crippen molar-refractivity contribution in [3.63, 3.8) is 0 Å². The van der Waals surface area contributed by atoms with E-state index in [4.69, 9.17) is 0 Å². The highest BCUT2D eigenvalue weighted by molar-refractivity contribution is 5.94. The molecule has 1 saturated heterocycles. The number of nitrogens with zero attached hydrogens (tertiary/aromatic N) is 2. The normalized spacial score (nSPS) is 16.4. The Morgan fingerprint density at radius 1 is 1.16 bits per heavy atom. The summed E-state index contributed by atoms with van der Waals surface area (Å²) < 4.78 is 0. The lowest BCUT2D eigenvalue weighted by molar-refractivity contribution is -0.123. The van der Waals surface area contributed by atoms with Crippen LogP contribution in [0, 0.1) is 6.92 Å². The van der Waals surface area contributed by atoms with E-state index in [-0.39, 0.29) is 17.4 Å². The molecule has 0 saturated carbocycles. The highest BCUT2D eigenvalue weighted by atomic mass is 16.2. The summed E-state index contributed by atoms with van der Waals surface area (Å²) in [7, 11) is 0. The Kier molecular flexibility index (Phi) is 6.59. The lowest BCUT2D eigenvalue weighted by Crippen LogP contribution is -2.48. The van der Waals surface area contributed by atoms with Crippen LogP contribution >= 0.6 is 0 Å². The number of benzene rings is 1. The fourth-order valence-corrected chi connectivity index (χ4v) is 3.00. The zero-order valence-corrected chi connectivity index (χ0v) is 16.0. The molecule has 1 aliphatic heterocycles. The highest BCUT2D eigenvalue weighted by Gasteiger charge is 2.23. The number of hydrogen-bond donors (Lipinski definition) is 1. The first kappa shape index (κ1) is 19.4. The van der Waals surface area contributed by atoms with E-state index in [9.17, 15) is 9.59 Å². The highest BCUT2D eigenvalue weighted by Crippen LogP contribution is 2.11. The van der Waals surface area contributed by atoms with E-state index in [1.54, 1.807) is 0 Å². The molecule has 1 N–H and O–H groups in total. The van der Waals surface area contributed by atoms with Crippen LogP contribution in [0.5, 0.6) is 0 Å². The summed E-state index contributed by atoms with van der Waals surface area (Å²) in [5.41, 5.74) is 1.67. The second-order valence-corrected chi connectivity index (χ2v) is 7.58. The van der Waals surface area contributed by atoms with E-state index in [1.807, 2.05) is 49.9 Å². The van der Waals surface area contributed by atoms with Gasteiger partial charge in [-0.15, -0.1) is 0 Å². The first-order valence-corrected chi connectivity index (χ1v) is 9.20. The lowest BCUT2D eigenvalue weighted by atomic mass is 10.0. The molecular formula is C20H31N3O2. The summed E-state index contributed by atoms with van der Waals surface area (Å²) in [5.74, 6) is 0.146. The molecule has 0 radical (unpaired) electrons. The molecule has 5 heteroatoms. The Morgan fingerprint density at radius 2 is 1.92 bits per heavy atom. The molecule has 1 aromatic rings. The minimum absolute atomic E-state index is 0.0605. The quantitative estimate of drug-likeness (QED) is 0.892. The first-order valence-electron chi connectivity index (χ1n) is 9.20. The van der Waals surface area contributed by atoms with Crippen molar-refractivity contribution < 1.29 is 9.59 Å². The molecule has 0 atom stereocenters. The van der Waals surface area contributed by atoms with Crippen LogP contribution in [0.25, 0.3) is 0 Å². The molecular weight excluding hydrogens is 314 g/mol. The van der Waals surface area contributed by atoms with E-state index < -0.39 is 0 Å². The summed E-state index contributed by atoms with van der Waals surface area (Å²) in [6, 6.07) is 7.73. The largest absolute Gasteiger partial charge is 0.350 e. The van der Waals surface area contributed by atoms with Crippen molar-refractivity contribution in [1.82, 2.24) is 15.1 Å². The van der Waals surface area contributed by atoms with Gasteiger partial charge in [-0.2, -0.15) is 0 Å². The van der Waals surface area contributed by atoms with Gasteiger partial charge in [-0.3, -0.25) is 14.5 Å². The fraction of sp³-hybridized carbons (Fsp3) is 0.600. The maximum atomic E-state index is 12.7. The Bertz CT molecular complexity index is 613. The summed E-state index contributed by atoms with van der Waals surface area (Å²) >= 11 is 0. The van der Waals surface area contributed by atoms with Gasteiger partial charge in [-0.05, 0) is 45.7 Å². The van der Waals surface area contributed by atoms with Crippen LogP contribution in [0.1, 0.15) is 49.5 Å². The third-order valence-electron chi connectivity index (χ3n) is 4.87. The van der Waals surface area contributed by atoms with Gasteiger partial charge in [0.25, 0.3) is 5.91 Å². The van der Waals surface area contributed by atoms with Crippen molar-refractivity contribution in [3.05, 3.63) is 35.4 Å². The van der Waals surface area contributed by atoms with E-state index in [0.29, 0.717) is 13.1 Å². The lowest BCUT2D eigenvalue weighted by Gasteiger charge is -2.27. The number of nitrogens with one attached hydrogen (secondary N) is 1. The Labute approximate surface area is 151 Å². The van der Waals surface area contributed by atoms with Crippen molar-refractivity contribution in [2.75, 3.05) is 32.7 Å². The van der Waals surface area contributed by atoms with Gasteiger partial charge in [0.2, 0.25) is 5.91 Å². The van der Waals surface area contributed by atoms with Crippen molar-refractivity contribution >= 4 is 11.8 Å². The zero-order chi connectivity index (χ0) is 18.4. The third kappa shape index (κ3) is 5.85. The number of carbonyl (C=O) groups excluding carboxylic acids is 2. The molecule has 1 aromatic carbocycles. The molecule has 25 heavy (non-hydrogen) atoms. The maximum absolute atomic E-state index is 12.7. The number of hydrogen-bond acceptors (Lipinski definition) is 3. The Balaban J connectivity index is 1.89. The molecule has 138 valence electrons. The molecule has 1 heterocycles. The van der Waals surface area contributed by atoms with Gasteiger partial charge < -0.3 is 10.2 Å². The fourth-order valence-electron chi connectivity index (χ4n) is 3.00. The van der Waals surface area contributed by atoms with Crippen molar-refractivity contribution in [1.29, 1.82) is 0 Å². The van der Waals surface area contributed by atoms with Gasteiger partial charge in [0.15, 0.2) is 0 Å². The maximum Gasteiger partial charge on any atom is 0.253 e. The molecule has 1 fully saturated rings. The number of amides is 2. The molecule has 0 unspecified atom stereocenters. The Morgan fingerprint density at radius 3 is 2.60 bits per heavy atom. The number of rotatable bonds is 5. The zero-order valence-electron chi connectivity index (χ0n) is 16.0. The van der Waals surface area contributed by atoms with Crippen LogP contribution in [0.3, 0.4) is 0 Å². The minimum atomic E-state index is -0.171. The summed E-state index contributed by atoms with van der Waals surface area (Å²) in [4.78, 5) is 29.0. The van der Waals surface area contributed by atoms with Gasteiger partial charge >= 0.3 is 0 Å². The molecule has 2 amide bonds. The Hall–Kier alpha value is -1.88. The van der Waals surface area contributed by atoms with E-state index in [1.165, 1.54) is 0 Å². The molecule has 1 aliphatic rings. The standard InChI is InChI=1S/C20H31N3O2/c1-5-20(3,4)21-18(24)15-22-10-7-11-23(13-12-22)19(25)17-9-6-8-16(2)14-17/h6,8-9,14H,5,7,10-13,15H2,1-4H3,(H,21,24). The van der Waals surface area contributed by atoms with Gasteiger partial charge in [0.05, 0.1) is 6.54 Å². The molecule has 5 nitrogen and oxygen atoms in total. The van der Waals surface area contributed by atoms with E-state index >= 15 is 0 Å². The second-order valence-electron chi connectivity index (χ2n) is 7.58. The van der Waals surface area contributed by atoms with E-state index in [2.05, 4.69) is 17.1 Å². The predicted octanol–water partition coefficient (Wildman–Crippen LogP) is 2.45. The van der Waals surface area contributed by atoms with Crippen molar-refractivity contribution in [3.8, 4) is 0 Å². The van der Waals surface area contributed by atoms with Crippen LogP contribution in [0.4, 0.5) is 0 Å². The van der Waals surface area contributed by atoms with Crippen molar-refractivity contribution in [2.24, 2.45) is 0 Å². The third-order valence-corrected chi connectivity index (χ3v) is 4.87. The minimum Gasteiger partial charge on any atom is -0.350 e. The van der Waals surface area contributed by atoms with E-state index in [0.717, 1.165) is 43.6 Å². The van der Waals surface area contributed by atoms with Crippen LogP contribution in [-0.4, -0.2) is 59.9 Å². The average molecular weight is 345 g/mol. The average Bonchev–Trinajstić information content (AvgIpc) is 2.79. The van der Waals surface area contributed by atoms with Crippen LogP contribution in [0.15, 0.2) is 24.3 Å². The predicted molar refractivity (Wildman–Crippen MR) is 101 cm³/mol. The molecule has 0 bridgehead atoms.